The molecule has 0 unspecified atom stereocenters. The van der Waals surface area contributed by atoms with Gasteiger partial charge in [-0.25, -0.2) is 4.79 Å². The monoisotopic (exact) mass is 255 g/mol. The molecule has 84 valence electrons. The van der Waals surface area contributed by atoms with Gasteiger partial charge in [-0.1, -0.05) is 11.8 Å². The highest BCUT2D eigenvalue weighted by molar-refractivity contribution is 7.98. The number of methoxy groups -OCH3 is 1. The number of nitrogens with zero attached hydrogens (tertiary/aromatic N) is 2. The maximum atomic E-state index is 11.4. The molecule has 1 N–H and O–H groups in total. The van der Waals surface area contributed by atoms with Crippen LogP contribution in [-0.4, -0.2) is 28.5 Å². The van der Waals surface area contributed by atoms with E-state index in [0.29, 0.717) is 10.6 Å². The first kappa shape index (κ1) is 11.2. The summed E-state index contributed by atoms with van der Waals surface area (Å²) in [6, 6.07) is 1.92. The number of carbonyl (C=O) groups is 1. The molecule has 0 radical (unpaired) electrons. The van der Waals surface area contributed by atoms with E-state index in [1.807, 2.05) is 11.4 Å². The largest absolute Gasteiger partial charge is 0.465 e. The van der Waals surface area contributed by atoms with Crippen LogP contribution in [0.15, 0.2) is 22.7 Å². The van der Waals surface area contributed by atoms with Crippen LogP contribution in [0.1, 0.15) is 15.2 Å². The summed E-state index contributed by atoms with van der Waals surface area (Å²) in [4.78, 5) is 12.1. The number of hydrogen-bond donors (Lipinski definition) is 1. The molecule has 0 atom stereocenters. The van der Waals surface area contributed by atoms with Crippen molar-refractivity contribution in [2.75, 3.05) is 7.11 Å². The summed E-state index contributed by atoms with van der Waals surface area (Å²) < 4.78 is 4.70. The Bertz CT molecular complexity index is 467. The predicted molar refractivity (Wildman–Crippen MR) is 61.6 cm³/mol. The summed E-state index contributed by atoms with van der Waals surface area (Å²) in [5.74, 6) is 0.395. The molecule has 0 aliphatic carbocycles. The smallest absolute Gasteiger partial charge is 0.348 e. The van der Waals surface area contributed by atoms with Crippen LogP contribution < -0.4 is 0 Å². The van der Waals surface area contributed by atoms with E-state index in [1.54, 1.807) is 6.20 Å². The zero-order valence-electron chi connectivity index (χ0n) is 8.47. The van der Waals surface area contributed by atoms with Gasteiger partial charge in [0.2, 0.25) is 0 Å². The first-order valence-corrected chi connectivity index (χ1v) is 6.31. The summed E-state index contributed by atoms with van der Waals surface area (Å²) in [5, 5.41) is 12.9. The van der Waals surface area contributed by atoms with Gasteiger partial charge in [0.05, 0.1) is 13.3 Å². The Morgan fingerprint density at radius 1 is 1.69 bits per heavy atom. The number of aromatic amines is 1. The number of esters is 1. The number of rotatable bonds is 4. The number of ether oxygens (including phenoxy) is 1. The van der Waals surface area contributed by atoms with Gasteiger partial charge < -0.3 is 4.74 Å². The van der Waals surface area contributed by atoms with Gasteiger partial charge in [-0.2, -0.15) is 10.3 Å². The van der Waals surface area contributed by atoms with Gasteiger partial charge in [-0.15, -0.1) is 16.4 Å². The third-order valence-corrected chi connectivity index (χ3v) is 3.77. The first-order valence-electron chi connectivity index (χ1n) is 4.44. The van der Waals surface area contributed by atoms with Crippen LogP contribution in [-0.2, 0) is 10.5 Å². The quantitative estimate of drug-likeness (QED) is 0.668. The van der Waals surface area contributed by atoms with Crippen LogP contribution in [0.25, 0.3) is 0 Å². The summed E-state index contributed by atoms with van der Waals surface area (Å²) in [6.45, 7) is 0. The standard InChI is InChI=1S/C9H9N3O2S2/c1-14-9(13)8-6(2-3-15-8)5-16-7-4-10-12-11-7/h2-4H,5H2,1H3,(H,10,11,12). The molecule has 0 aromatic carbocycles. The van der Waals surface area contributed by atoms with E-state index in [1.165, 1.54) is 30.2 Å². The lowest BCUT2D eigenvalue weighted by molar-refractivity contribution is 0.0605. The van der Waals surface area contributed by atoms with Crippen LogP contribution in [0.3, 0.4) is 0 Å². The fourth-order valence-electron chi connectivity index (χ4n) is 1.13. The van der Waals surface area contributed by atoms with Crippen LogP contribution >= 0.6 is 23.1 Å². The number of aromatic nitrogens is 3. The van der Waals surface area contributed by atoms with Crippen molar-refractivity contribution in [1.82, 2.24) is 15.4 Å². The van der Waals surface area contributed by atoms with E-state index in [-0.39, 0.29) is 5.97 Å². The molecule has 2 aromatic heterocycles. The van der Waals surface area contributed by atoms with E-state index in [4.69, 9.17) is 4.74 Å². The predicted octanol–water partition coefficient (Wildman–Crippen LogP) is 1.95. The highest BCUT2D eigenvalue weighted by Gasteiger charge is 2.13. The SMILES string of the molecule is COC(=O)c1sccc1CSc1cn[nH]n1. The number of thiophene rings is 1. The Balaban J connectivity index is 2.04. The maximum absolute atomic E-state index is 11.4. The Morgan fingerprint density at radius 3 is 3.25 bits per heavy atom. The van der Waals surface area contributed by atoms with Gasteiger partial charge >= 0.3 is 5.97 Å². The summed E-state index contributed by atoms with van der Waals surface area (Å²) in [5.41, 5.74) is 0.963. The van der Waals surface area contributed by atoms with Crippen molar-refractivity contribution in [3.63, 3.8) is 0 Å². The topological polar surface area (TPSA) is 67.9 Å². The van der Waals surface area contributed by atoms with E-state index in [9.17, 15) is 4.79 Å². The minimum Gasteiger partial charge on any atom is -0.465 e. The van der Waals surface area contributed by atoms with Gasteiger partial charge in [-0.3, -0.25) is 0 Å². The summed E-state index contributed by atoms with van der Waals surface area (Å²) in [7, 11) is 1.39. The molecule has 16 heavy (non-hydrogen) atoms. The molecule has 0 aliphatic rings. The fraction of sp³-hybridized carbons (Fsp3) is 0.222. The molecule has 2 heterocycles. The van der Waals surface area contributed by atoms with Crippen molar-refractivity contribution >= 4 is 29.1 Å². The molecule has 2 rings (SSSR count). The maximum Gasteiger partial charge on any atom is 0.348 e. The first-order chi connectivity index (χ1) is 7.81. The number of thioether (sulfide) groups is 1. The second-order valence-corrected chi connectivity index (χ2v) is 4.78. The van der Waals surface area contributed by atoms with Crippen molar-refractivity contribution in [3.05, 3.63) is 28.1 Å². The van der Waals surface area contributed by atoms with E-state index < -0.39 is 0 Å². The van der Waals surface area contributed by atoms with Gasteiger partial charge in [0.15, 0.2) is 0 Å². The zero-order valence-corrected chi connectivity index (χ0v) is 10.1. The zero-order chi connectivity index (χ0) is 11.4. The van der Waals surface area contributed by atoms with Gasteiger partial charge in [0.25, 0.3) is 0 Å². The number of H-pyrrole nitrogens is 1. The van der Waals surface area contributed by atoms with Crippen LogP contribution in [0, 0.1) is 0 Å². The average molecular weight is 255 g/mol. The third-order valence-electron chi connectivity index (χ3n) is 1.89. The fourth-order valence-corrected chi connectivity index (χ4v) is 2.84. The van der Waals surface area contributed by atoms with Gasteiger partial charge in [-0.05, 0) is 17.0 Å². The van der Waals surface area contributed by atoms with Crippen molar-refractivity contribution in [3.8, 4) is 0 Å². The number of carbonyl (C=O) groups excluding carboxylic acids is 1. The highest BCUT2D eigenvalue weighted by Crippen LogP contribution is 2.25. The molecular weight excluding hydrogens is 246 g/mol. The highest BCUT2D eigenvalue weighted by atomic mass is 32.2. The van der Waals surface area contributed by atoms with Crippen LogP contribution in [0.5, 0.6) is 0 Å². The molecule has 0 saturated heterocycles. The molecule has 2 aromatic rings. The second kappa shape index (κ2) is 5.13. The third kappa shape index (κ3) is 2.42. The van der Waals surface area contributed by atoms with Crippen molar-refractivity contribution in [2.24, 2.45) is 0 Å². The van der Waals surface area contributed by atoms with Crippen molar-refractivity contribution in [2.45, 2.75) is 10.8 Å². The second-order valence-electron chi connectivity index (χ2n) is 2.86. The summed E-state index contributed by atoms with van der Waals surface area (Å²) >= 11 is 2.91. The molecule has 0 spiro atoms. The Morgan fingerprint density at radius 2 is 2.56 bits per heavy atom. The van der Waals surface area contributed by atoms with E-state index in [0.717, 1.165) is 10.6 Å². The minimum absolute atomic E-state index is 0.286. The van der Waals surface area contributed by atoms with Gasteiger partial charge in [0.1, 0.15) is 9.90 Å². The lowest BCUT2D eigenvalue weighted by Crippen LogP contribution is -2.00. The molecular formula is C9H9N3O2S2. The number of hydrogen-bond acceptors (Lipinski definition) is 6. The molecule has 0 amide bonds. The van der Waals surface area contributed by atoms with Gasteiger partial charge in [0, 0.05) is 5.75 Å². The van der Waals surface area contributed by atoms with Crippen molar-refractivity contribution < 1.29 is 9.53 Å². The van der Waals surface area contributed by atoms with E-state index >= 15 is 0 Å². The summed E-state index contributed by atoms with van der Waals surface area (Å²) in [6.07, 6.45) is 1.65. The molecule has 7 heteroatoms. The molecule has 5 nitrogen and oxygen atoms in total. The Hall–Kier alpha value is -1.34. The Labute approximate surface area is 100 Å². The lowest BCUT2D eigenvalue weighted by atomic mass is 10.3. The van der Waals surface area contributed by atoms with Crippen LogP contribution in [0.2, 0.25) is 0 Å². The van der Waals surface area contributed by atoms with Crippen molar-refractivity contribution in [1.29, 1.82) is 0 Å². The lowest BCUT2D eigenvalue weighted by Gasteiger charge is -2.00. The minimum atomic E-state index is -0.286. The molecule has 0 bridgehead atoms. The molecule has 0 fully saturated rings. The average Bonchev–Trinajstić information content (AvgIpc) is 2.96. The molecule has 0 saturated carbocycles. The normalized spacial score (nSPS) is 10.3. The van der Waals surface area contributed by atoms with Crippen LogP contribution in [0.4, 0.5) is 0 Å². The number of nitrogens with one attached hydrogen (secondary N) is 1. The Kier molecular flexibility index (Phi) is 3.58. The molecule has 0 aliphatic heterocycles. The van der Waals surface area contributed by atoms with E-state index in [2.05, 4.69) is 15.4 Å².